The largest absolute Gasteiger partial charge is 0.430 e. The van der Waals surface area contributed by atoms with E-state index in [1.807, 2.05) is 0 Å². The Morgan fingerprint density at radius 3 is 2.12 bits per heavy atom. The molecule has 0 atom stereocenters. The molecule has 0 heterocycles. The quantitative estimate of drug-likeness (QED) is 0.516. The van der Waals surface area contributed by atoms with Crippen LogP contribution in [0.1, 0.15) is 29.8 Å². The number of amides is 1. The normalized spacial score (nSPS) is 14.1. The molecule has 0 fully saturated rings. The zero-order valence-corrected chi connectivity index (χ0v) is 18.9. The Balaban J connectivity index is 2.45. The Bertz CT molecular complexity index is 1150. The van der Waals surface area contributed by atoms with Gasteiger partial charge in [0.15, 0.2) is 0 Å². The molecular weight excluding hydrogens is 455 g/mol. The molecular formula is C23H23ClF3N5O. The Morgan fingerprint density at radius 2 is 1.61 bits per heavy atom. The number of nitrogens with one attached hydrogen (secondary N) is 1. The van der Waals surface area contributed by atoms with Crippen molar-refractivity contribution in [1.29, 1.82) is 0 Å². The first-order valence-electron chi connectivity index (χ1n) is 9.63. The van der Waals surface area contributed by atoms with Crippen molar-refractivity contribution in [3.8, 4) is 0 Å². The third-order valence-corrected chi connectivity index (χ3v) is 4.81. The van der Waals surface area contributed by atoms with Crippen LogP contribution in [0.4, 0.5) is 18.9 Å². The number of carbonyl (C=O) groups excluding carboxylic acids is 1. The maximum Gasteiger partial charge on any atom is 0.430 e. The van der Waals surface area contributed by atoms with E-state index >= 15 is 0 Å². The second-order valence-electron chi connectivity index (χ2n) is 6.94. The minimum atomic E-state index is -4.73. The standard InChI is InChI=1S/C23H23ClF3N5O/c1-13(28)21(14(2)30-3)32-22(33)16-10-8-15(9-11-16)19(12-20(29)23(25,26)27)31-18-7-5-4-6-17(18)24/h4-12H,28-29H2,1-3H3,(H,32,33). The number of para-hydroxylation sites is 1. The van der Waals surface area contributed by atoms with E-state index < -0.39 is 17.8 Å². The minimum absolute atomic E-state index is 0.0720. The highest BCUT2D eigenvalue weighted by Crippen LogP contribution is 2.27. The van der Waals surface area contributed by atoms with E-state index in [4.69, 9.17) is 23.1 Å². The van der Waals surface area contributed by atoms with Gasteiger partial charge in [0.1, 0.15) is 5.70 Å². The van der Waals surface area contributed by atoms with Crippen LogP contribution >= 0.6 is 11.6 Å². The zero-order chi connectivity index (χ0) is 24.8. The highest BCUT2D eigenvalue weighted by Gasteiger charge is 2.31. The second kappa shape index (κ2) is 10.8. The average Bonchev–Trinajstić information content (AvgIpc) is 2.76. The summed E-state index contributed by atoms with van der Waals surface area (Å²) in [6.45, 7) is 3.33. The molecule has 2 rings (SSSR count). The molecule has 0 saturated carbocycles. The number of allylic oxidation sites excluding steroid dienone is 4. The number of halogens is 4. The van der Waals surface area contributed by atoms with Crippen molar-refractivity contribution >= 4 is 34.6 Å². The lowest BCUT2D eigenvalue weighted by molar-refractivity contribution is -0.0925. The molecule has 0 bridgehead atoms. The van der Waals surface area contributed by atoms with Crippen molar-refractivity contribution in [2.45, 2.75) is 20.0 Å². The van der Waals surface area contributed by atoms with Crippen LogP contribution in [0.2, 0.25) is 5.02 Å². The number of aliphatic imine (C=N–C) groups is 2. The van der Waals surface area contributed by atoms with Crippen LogP contribution in [0.25, 0.3) is 0 Å². The molecule has 0 aromatic heterocycles. The van der Waals surface area contributed by atoms with E-state index in [9.17, 15) is 18.0 Å². The maximum atomic E-state index is 13.0. The number of nitrogens with zero attached hydrogens (tertiary/aromatic N) is 2. The SMILES string of the molecule is CN=C(C)C(NC(=O)c1ccc(C(C=C(N)C(F)(F)F)=Nc2ccccc2Cl)cc1)=C(C)N. The van der Waals surface area contributed by atoms with Gasteiger partial charge < -0.3 is 16.8 Å². The molecule has 0 radical (unpaired) electrons. The van der Waals surface area contributed by atoms with Gasteiger partial charge in [0.05, 0.1) is 27.8 Å². The highest BCUT2D eigenvalue weighted by molar-refractivity contribution is 6.33. The number of hydrogen-bond donors (Lipinski definition) is 3. The maximum absolute atomic E-state index is 13.0. The fourth-order valence-corrected chi connectivity index (χ4v) is 2.82. The van der Waals surface area contributed by atoms with Gasteiger partial charge in [-0.15, -0.1) is 0 Å². The van der Waals surface area contributed by atoms with Crippen molar-refractivity contribution in [2.24, 2.45) is 21.5 Å². The van der Waals surface area contributed by atoms with Crippen LogP contribution in [-0.4, -0.2) is 30.6 Å². The summed E-state index contributed by atoms with van der Waals surface area (Å²) >= 11 is 6.10. The molecule has 1 amide bonds. The predicted molar refractivity (Wildman–Crippen MR) is 126 cm³/mol. The number of benzene rings is 2. The molecule has 174 valence electrons. The lowest BCUT2D eigenvalue weighted by atomic mass is 10.1. The van der Waals surface area contributed by atoms with Crippen LogP contribution in [0.3, 0.4) is 0 Å². The average molecular weight is 478 g/mol. The van der Waals surface area contributed by atoms with E-state index in [0.29, 0.717) is 22.7 Å². The Kier molecular flexibility index (Phi) is 8.42. The molecule has 0 aliphatic rings. The number of alkyl halides is 3. The smallest absolute Gasteiger partial charge is 0.401 e. The molecule has 2 aromatic carbocycles. The van der Waals surface area contributed by atoms with Crippen LogP contribution < -0.4 is 16.8 Å². The molecule has 6 nitrogen and oxygen atoms in total. The molecule has 0 unspecified atom stereocenters. The first-order chi connectivity index (χ1) is 15.4. The van der Waals surface area contributed by atoms with Crippen molar-refractivity contribution in [3.63, 3.8) is 0 Å². The van der Waals surface area contributed by atoms with E-state index in [0.717, 1.165) is 6.08 Å². The second-order valence-corrected chi connectivity index (χ2v) is 7.35. The van der Waals surface area contributed by atoms with Gasteiger partial charge in [0.25, 0.3) is 5.91 Å². The summed E-state index contributed by atoms with van der Waals surface area (Å²) in [4.78, 5) is 20.9. The van der Waals surface area contributed by atoms with Gasteiger partial charge >= 0.3 is 6.18 Å². The molecule has 0 saturated heterocycles. The van der Waals surface area contributed by atoms with E-state index in [1.165, 1.54) is 24.3 Å². The summed E-state index contributed by atoms with van der Waals surface area (Å²) in [6, 6.07) is 12.3. The first kappa shape index (κ1) is 25.7. The minimum Gasteiger partial charge on any atom is -0.401 e. The van der Waals surface area contributed by atoms with Gasteiger partial charge in [-0.05, 0) is 44.2 Å². The number of hydrogen-bond acceptors (Lipinski definition) is 5. The Morgan fingerprint density at radius 1 is 1.03 bits per heavy atom. The number of rotatable bonds is 6. The van der Waals surface area contributed by atoms with Gasteiger partial charge in [-0.25, -0.2) is 4.99 Å². The summed E-state index contributed by atoms with van der Waals surface area (Å²) in [5.41, 5.74) is 11.8. The lowest BCUT2D eigenvalue weighted by Crippen LogP contribution is -2.29. The van der Waals surface area contributed by atoms with Gasteiger partial charge in [0, 0.05) is 23.9 Å². The van der Waals surface area contributed by atoms with Crippen LogP contribution in [0, 0.1) is 0 Å². The molecule has 2 aromatic rings. The fraction of sp³-hybridized carbons (Fsp3) is 0.174. The van der Waals surface area contributed by atoms with Crippen molar-refractivity contribution in [1.82, 2.24) is 5.32 Å². The highest BCUT2D eigenvalue weighted by atomic mass is 35.5. The van der Waals surface area contributed by atoms with E-state index in [2.05, 4.69) is 15.3 Å². The molecule has 10 heteroatoms. The molecule has 5 N–H and O–H groups in total. The third-order valence-electron chi connectivity index (χ3n) is 4.49. The Labute approximate surface area is 194 Å². The topological polar surface area (TPSA) is 106 Å². The molecule has 0 spiro atoms. The lowest BCUT2D eigenvalue weighted by Gasteiger charge is -2.12. The predicted octanol–water partition coefficient (Wildman–Crippen LogP) is 4.88. The molecule has 0 aliphatic carbocycles. The summed E-state index contributed by atoms with van der Waals surface area (Å²) in [5, 5.41) is 2.95. The fourth-order valence-electron chi connectivity index (χ4n) is 2.65. The van der Waals surface area contributed by atoms with Crippen molar-refractivity contribution < 1.29 is 18.0 Å². The van der Waals surface area contributed by atoms with Crippen molar-refractivity contribution in [3.05, 3.63) is 87.8 Å². The van der Waals surface area contributed by atoms with Crippen LogP contribution in [0.15, 0.2) is 81.7 Å². The first-order valence-corrected chi connectivity index (χ1v) is 10.0. The van der Waals surface area contributed by atoms with Crippen LogP contribution in [-0.2, 0) is 0 Å². The Hall–Kier alpha value is -3.59. The van der Waals surface area contributed by atoms with E-state index in [-0.39, 0.29) is 22.0 Å². The number of carbonyl (C=O) groups is 1. The third kappa shape index (κ3) is 6.95. The summed E-state index contributed by atoms with van der Waals surface area (Å²) in [5.74, 6) is -0.459. The molecule has 33 heavy (non-hydrogen) atoms. The number of nitrogens with two attached hydrogens (primary N) is 2. The van der Waals surface area contributed by atoms with Crippen molar-refractivity contribution in [2.75, 3.05) is 7.05 Å². The van der Waals surface area contributed by atoms with Gasteiger partial charge in [-0.2, -0.15) is 13.2 Å². The van der Waals surface area contributed by atoms with Crippen LogP contribution in [0.5, 0.6) is 0 Å². The monoisotopic (exact) mass is 477 g/mol. The summed E-state index contributed by atoms with van der Waals surface area (Å²) < 4.78 is 39.1. The van der Waals surface area contributed by atoms with E-state index in [1.54, 1.807) is 45.2 Å². The zero-order valence-electron chi connectivity index (χ0n) is 18.2. The summed E-state index contributed by atoms with van der Waals surface area (Å²) in [7, 11) is 1.57. The van der Waals surface area contributed by atoms with Gasteiger partial charge in [0.2, 0.25) is 0 Å². The van der Waals surface area contributed by atoms with Gasteiger partial charge in [-0.3, -0.25) is 9.79 Å². The summed E-state index contributed by atoms with van der Waals surface area (Å²) in [6.07, 6.45) is -4.01. The van der Waals surface area contributed by atoms with Gasteiger partial charge in [-0.1, -0.05) is 35.9 Å². The molecule has 0 aliphatic heterocycles.